The van der Waals surface area contributed by atoms with E-state index in [0.717, 1.165) is 46.5 Å². The van der Waals surface area contributed by atoms with Crippen molar-refractivity contribution in [3.05, 3.63) is 70.4 Å². The summed E-state index contributed by atoms with van der Waals surface area (Å²) in [6, 6.07) is 9.03. The topological polar surface area (TPSA) is 108 Å². The van der Waals surface area contributed by atoms with Crippen molar-refractivity contribution in [1.29, 1.82) is 0 Å². The molecule has 1 saturated carbocycles. The van der Waals surface area contributed by atoms with Crippen molar-refractivity contribution in [3.63, 3.8) is 0 Å². The number of carbonyl (C=O) groups excluding carboxylic acids is 1. The first-order chi connectivity index (χ1) is 17.2. The maximum Gasteiger partial charge on any atom is 0.251 e. The number of aliphatic hydroxyl groups excluding tert-OH is 1. The molecule has 36 heavy (non-hydrogen) atoms. The molecule has 190 valence electrons. The van der Waals surface area contributed by atoms with Crippen LogP contribution in [0.2, 0.25) is 0 Å². The molecule has 1 fully saturated rings. The normalized spacial score (nSPS) is 25.5. The largest absolute Gasteiger partial charge is 0.393 e. The smallest absolute Gasteiger partial charge is 0.251 e. The van der Waals surface area contributed by atoms with E-state index in [9.17, 15) is 18.3 Å². The molecule has 7 nitrogen and oxygen atoms in total. The Morgan fingerprint density at radius 2 is 1.92 bits per heavy atom. The van der Waals surface area contributed by atoms with Crippen molar-refractivity contribution in [2.45, 2.75) is 75.5 Å². The number of hydrogen-bond acceptors (Lipinski definition) is 6. The van der Waals surface area contributed by atoms with Crippen LogP contribution in [0.15, 0.2) is 58.6 Å². The van der Waals surface area contributed by atoms with Crippen LogP contribution in [0.3, 0.4) is 0 Å². The van der Waals surface area contributed by atoms with Gasteiger partial charge in [0.1, 0.15) is 5.82 Å². The van der Waals surface area contributed by atoms with Gasteiger partial charge in [-0.25, -0.2) is 13.4 Å². The molecule has 2 unspecified atom stereocenters. The summed E-state index contributed by atoms with van der Waals surface area (Å²) >= 11 is 0. The highest BCUT2D eigenvalue weighted by atomic mass is 32.2. The Morgan fingerprint density at radius 3 is 2.64 bits per heavy atom. The first-order valence-electron chi connectivity index (χ1n) is 12.7. The zero-order valence-electron chi connectivity index (χ0n) is 20.9. The minimum atomic E-state index is -3.38. The number of fused-ring (bicyclic) bond motifs is 3. The minimum absolute atomic E-state index is 0.0256. The predicted octanol–water partition coefficient (Wildman–Crippen LogP) is 3.89. The molecule has 1 aromatic heterocycles. The molecule has 1 aliphatic heterocycles. The third kappa shape index (κ3) is 4.48. The summed E-state index contributed by atoms with van der Waals surface area (Å²) in [6.07, 6.45) is 6.36. The van der Waals surface area contributed by atoms with Gasteiger partial charge in [0.15, 0.2) is 9.84 Å². The molecular weight excluding hydrogens is 474 g/mol. The molecule has 8 heteroatoms. The standard InChI is InChI=1S/C28H33N3O4S/c1-4-36(34,35)21-7-5-6-18(13-21)23-14-22(28(33)30-19-8-10-20(32)11-9-19)17(3)26-25(23)24-12-16(2)15-29-27(24)31-26/h5-7,12-15,19-20,25-26,32H,4,8-11H2,1-3H3,(H,29,31)(H,30,33)/t19-,20+,25?,26?. The van der Waals surface area contributed by atoms with Gasteiger partial charge in [-0.1, -0.05) is 25.1 Å². The Kier molecular flexibility index (Phi) is 6.51. The second-order valence-electron chi connectivity index (χ2n) is 10.2. The van der Waals surface area contributed by atoms with Crippen LogP contribution in [0, 0.1) is 6.92 Å². The lowest BCUT2D eigenvalue weighted by molar-refractivity contribution is -0.118. The maximum absolute atomic E-state index is 13.5. The zero-order chi connectivity index (χ0) is 25.6. The molecule has 2 aromatic rings. The van der Waals surface area contributed by atoms with Crippen LogP contribution in [-0.2, 0) is 14.6 Å². The number of aromatic nitrogens is 1. The van der Waals surface area contributed by atoms with Crippen LogP contribution >= 0.6 is 0 Å². The summed E-state index contributed by atoms with van der Waals surface area (Å²) in [6.45, 7) is 5.63. The molecule has 2 atom stereocenters. The second kappa shape index (κ2) is 9.48. The molecule has 1 amide bonds. The highest BCUT2D eigenvalue weighted by Gasteiger charge is 2.41. The Labute approximate surface area is 212 Å². The summed E-state index contributed by atoms with van der Waals surface area (Å²) < 4.78 is 25.3. The quantitative estimate of drug-likeness (QED) is 0.567. The van der Waals surface area contributed by atoms with E-state index in [-0.39, 0.29) is 40.7 Å². The Hall–Kier alpha value is -2.97. The van der Waals surface area contributed by atoms with Gasteiger partial charge in [0.05, 0.1) is 22.8 Å². The number of pyridine rings is 1. The summed E-state index contributed by atoms with van der Waals surface area (Å²) in [5, 5.41) is 16.5. The van der Waals surface area contributed by atoms with Crippen LogP contribution < -0.4 is 10.6 Å². The van der Waals surface area contributed by atoms with Gasteiger partial charge < -0.3 is 15.7 Å². The van der Waals surface area contributed by atoms with Gasteiger partial charge >= 0.3 is 0 Å². The van der Waals surface area contributed by atoms with Crippen LogP contribution in [0.25, 0.3) is 5.57 Å². The van der Waals surface area contributed by atoms with Crippen LogP contribution in [0.5, 0.6) is 0 Å². The molecule has 5 rings (SSSR count). The van der Waals surface area contributed by atoms with Crippen LogP contribution in [0.4, 0.5) is 5.82 Å². The third-order valence-electron chi connectivity index (χ3n) is 7.72. The van der Waals surface area contributed by atoms with Gasteiger partial charge in [0.2, 0.25) is 0 Å². The van der Waals surface area contributed by atoms with E-state index in [1.54, 1.807) is 25.1 Å². The molecule has 0 saturated heterocycles. The van der Waals surface area contributed by atoms with Crippen molar-refractivity contribution >= 4 is 27.1 Å². The summed E-state index contributed by atoms with van der Waals surface area (Å²) in [5.74, 6) is 0.594. The lowest BCUT2D eigenvalue weighted by atomic mass is 9.75. The number of rotatable bonds is 5. The number of carbonyl (C=O) groups is 1. The van der Waals surface area contributed by atoms with E-state index in [1.165, 1.54) is 0 Å². The second-order valence-corrected chi connectivity index (χ2v) is 12.4. The number of hydrogen-bond donors (Lipinski definition) is 3. The van der Waals surface area contributed by atoms with Crippen molar-refractivity contribution in [3.8, 4) is 0 Å². The molecule has 1 aromatic carbocycles. The molecule has 3 N–H and O–H groups in total. The van der Waals surface area contributed by atoms with Gasteiger partial charge in [-0.05, 0) is 80.0 Å². The van der Waals surface area contributed by atoms with E-state index in [2.05, 4.69) is 21.7 Å². The number of sulfone groups is 1. The Morgan fingerprint density at radius 1 is 1.17 bits per heavy atom. The van der Waals surface area contributed by atoms with Crippen molar-refractivity contribution in [2.24, 2.45) is 0 Å². The van der Waals surface area contributed by atoms with E-state index in [1.807, 2.05) is 32.2 Å². The van der Waals surface area contributed by atoms with E-state index < -0.39 is 9.84 Å². The van der Waals surface area contributed by atoms with Crippen LogP contribution in [0.1, 0.15) is 62.1 Å². The number of benzene rings is 1. The van der Waals surface area contributed by atoms with Crippen LogP contribution in [-0.4, -0.2) is 48.4 Å². The first kappa shape index (κ1) is 24.7. The zero-order valence-corrected chi connectivity index (χ0v) is 21.7. The van der Waals surface area contributed by atoms with E-state index >= 15 is 0 Å². The van der Waals surface area contributed by atoms with Crippen molar-refractivity contribution in [1.82, 2.24) is 10.3 Å². The highest BCUT2D eigenvalue weighted by Crippen LogP contribution is 2.49. The average molecular weight is 508 g/mol. The van der Waals surface area contributed by atoms with Gasteiger partial charge in [-0.2, -0.15) is 0 Å². The molecule has 3 aliphatic rings. The molecule has 0 spiro atoms. The lowest BCUT2D eigenvalue weighted by Gasteiger charge is -2.32. The lowest BCUT2D eigenvalue weighted by Crippen LogP contribution is -2.40. The summed E-state index contributed by atoms with van der Waals surface area (Å²) in [7, 11) is -3.38. The van der Waals surface area contributed by atoms with Gasteiger partial charge in [-0.3, -0.25) is 4.79 Å². The first-order valence-corrected chi connectivity index (χ1v) is 14.3. The summed E-state index contributed by atoms with van der Waals surface area (Å²) in [5.41, 5.74) is 5.32. The number of anilines is 1. The number of nitrogens with zero attached hydrogens (tertiary/aromatic N) is 1. The number of amides is 1. The third-order valence-corrected chi connectivity index (χ3v) is 9.46. The van der Waals surface area contributed by atoms with Gasteiger partial charge in [0.25, 0.3) is 5.91 Å². The maximum atomic E-state index is 13.5. The van der Waals surface area contributed by atoms with Crippen molar-refractivity contribution < 1.29 is 18.3 Å². The van der Waals surface area contributed by atoms with Gasteiger partial charge in [0, 0.05) is 29.3 Å². The molecule has 2 aliphatic carbocycles. The number of aliphatic hydroxyl groups is 1. The molecular formula is C28H33N3O4S. The Bertz CT molecular complexity index is 1370. The average Bonchev–Trinajstić information content (AvgIpc) is 3.25. The summed E-state index contributed by atoms with van der Waals surface area (Å²) in [4.78, 5) is 18.4. The highest BCUT2D eigenvalue weighted by molar-refractivity contribution is 7.91. The van der Waals surface area contributed by atoms with Crippen molar-refractivity contribution in [2.75, 3.05) is 11.1 Å². The fourth-order valence-corrected chi connectivity index (χ4v) is 6.54. The SMILES string of the molecule is CCS(=O)(=O)c1cccc(C2=CC(C(=O)N[C@H]3CC[C@@H](O)CC3)=C(C)C3Nc4ncc(C)cc4C23)c1. The number of nitrogens with one attached hydrogen (secondary N) is 2. The van der Waals surface area contributed by atoms with E-state index in [4.69, 9.17) is 0 Å². The minimum Gasteiger partial charge on any atom is -0.393 e. The Balaban J connectivity index is 1.58. The molecule has 0 radical (unpaired) electrons. The predicted molar refractivity (Wildman–Crippen MR) is 140 cm³/mol. The fourth-order valence-electron chi connectivity index (χ4n) is 5.62. The van der Waals surface area contributed by atoms with E-state index in [0.29, 0.717) is 18.4 Å². The fraction of sp³-hybridized carbons (Fsp3) is 0.429. The van der Waals surface area contributed by atoms with Gasteiger partial charge in [-0.15, -0.1) is 0 Å². The molecule has 0 bridgehead atoms. The monoisotopic (exact) mass is 507 g/mol. The number of aryl methyl sites for hydroxylation is 1. The molecule has 2 heterocycles.